The van der Waals surface area contributed by atoms with Crippen molar-refractivity contribution in [3.8, 4) is 0 Å². The Balaban J connectivity index is 1.78. The largest absolute Gasteiger partial charge is 0.465 e. The number of methoxy groups -OCH3 is 1. The summed E-state index contributed by atoms with van der Waals surface area (Å²) >= 11 is 6.92. The number of ether oxygens (including phenoxy) is 1. The SMILES string of the molecule is CCc1cc(C(=O)OC)c(NC(=S)Nc2c(C)nn(Cc3ccccc3F)c2C)s1. The minimum atomic E-state index is -0.415. The van der Waals surface area contributed by atoms with Gasteiger partial charge in [-0.3, -0.25) is 4.68 Å². The van der Waals surface area contributed by atoms with E-state index in [0.29, 0.717) is 27.8 Å². The number of carbonyl (C=O) groups excluding carboxylic acids is 1. The van der Waals surface area contributed by atoms with Gasteiger partial charge in [0.1, 0.15) is 10.8 Å². The van der Waals surface area contributed by atoms with Crippen molar-refractivity contribution < 1.29 is 13.9 Å². The summed E-state index contributed by atoms with van der Waals surface area (Å²) in [5.74, 6) is -0.683. The third-order valence-electron chi connectivity index (χ3n) is 4.66. The van der Waals surface area contributed by atoms with Crippen LogP contribution in [-0.4, -0.2) is 28.0 Å². The summed E-state index contributed by atoms with van der Waals surface area (Å²) in [5, 5.41) is 11.7. The van der Waals surface area contributed by atoms with Crippen LogP contribution in [0.3, 0.4) is 0 Å². The monoisotopic (exact) mass is 446 g/mol. The molecule has 0 fully saturated rings. The fourth-order valence-corrected chi connectivity index (χ4v) is 4.30. The molecular weight excluding hydrogens is 423 g/mol. The Morgan fingerprint density at radius 1 is 1.30 bits per heavy atom. The minimum absolute atomic E-state index is 0.267. The van der Waals surface area contributed by atoms with Crippen molar-refractivity contribution in [2.24, 2.45) is 0 Å². The third kappa shape index (κ3) is 4.68. The molecule has 30 heavy (non-hydrogen) atoms. The van der Waals surface area contributed by atoms with E-state index in [1.165, 1.54) is 24.5 Å². The molecule has 0 unspecified atom stereocenters. The maximum absolute atomic E-state index is 14.0. The van der Waals surface area contributed by atoms with Crippen molar-refractivity contribution >= 4 is 45.3 Å². The lowest BCUT2D eigenvalue weighted by molar-refractivity contribution is 0.0602. The second-order valence-electron chi connectivity index (χ2n) is 6.67. The number of halogens is 1. The smallest absolute Gasteiger partial charge is 0.340 e. The number of aryl methyl sites for hydroxylation is 2. The Morgan fingerprint density at radius 2 is 2.03 bits per heavy atom. The van der Waals surface area contributed by atoms with Gasteiger partial charge in [0.05, 0.1) is 36.3 Å². The summed E-state index contributed by atoms with van der Waals surface area (Å²) in [6.45, 7) is 6.09. The highest BCUT2D eigenvalue weighted by Crippen LogP contribution is 2.30. The maximum Gasteiger partial charge on any atom is 0.340 e. The fraction of sp³-hybridized carbons (Fsp3) is 0.286. The molecular formula is C21H23FN4O2S2. The zero-order chi connectivity index (χ0) is 21.8. The first-order valence-electron chi connectivity index (χ1n) is 9.40. The van der Waals surface area contributed by atoms with Gasteiger partial charge in [-0.15, -0.1) is 11.3 Å². The summed E-state index contributed by atoms with van der Waals surface area (Å²) in [7, 11) is 1.35. The van der Waals surface area contributed by atoms with Crippen molar-refractivity contribution in [1.82, 2.24) is 9.78 Å². The van der Waals surface area contributed by atoms with Gasteiger partial charge in [-0.1, -0.05) is 25.1 Å². The van der Waals surface area contributed by atoms with E-state index in [1.54, 1.807) is 22.9 Å². The van der Waals surface area contributed by atoms with Gasteiger partial charge in [-0.25, -0.2) is 9.18 Å². The van der Waals surface area contributed by atoms with Crippen LogP contribution in [0, 0.1) is 19.7 Å². The molecule has 0 atom stereocenters. The van der Waals surface area contributed by atoms with Gasteiger partial charge in [-0.05, 0) is 44.6 Å². The fourth-order valence-electron chi connectivity index (χ4n) is 3.04. The Kier molecular flexibility index (Phi) is 6.84. The molecule has 2 aromatic heterocycles. The van der Waals surface area contributed by atoms with E-state index in [9.17, 15) is 9.18 Å². The number of hydrogen-bond donors (Lipinski definition) is 2. The molecule has 0 saturated carbocycles. The van der Waals surface area contributed by atoms with Gasteiger partial charge in [0.25, 0.3) is 0 Å². The standard InChI is InChI=1S/C21H23FN4O2S2/c1-5-15-10-16(20(27)28-4)19(30-15)24-21(29)23-18-12(2)25-26(13(18)3)11-14-8-6-7-9-17(14)22/h6-10H,5,11H2,1-4H3,(H2,23,24,29). The van der Waals surface area contributed by atoms with Crippen LogP contribution in [0.2, 0.25) is 0 Å². The molecule has 0 radical (unpaired) electrons. The van der Waals surface area contributed by atoms with Gasteiger partial charge >= 0.3 is 5.97 Å². The van der Waals surface area contributed by atoms with Crippen LogP contribution in [0.5, 0.6) is 0 Å². The van der Waals surface area contributed by atoms with Crippen LogP contribution in [0.4, 0.5) is 15.1 Å². The topological polar surface area (TPSA) is 68.2 Å². The molecule has 0 aliphatic carbocycles. The van der Waals surface area contributed by atoms with Crippen LogP contribution in [0.25, 0.3) is 0 Å². The lowest BCUT2D eigenvalue weighted by Gasteiger charge is -2.11. The number of carbonyl (C=O) groups is 1. The minimum Gasteiger partial charge on any atom is -0.465 e. The predicted octanol–water partition coefficient (Wildman–Crippen LogP) is 4.91. The Labute approximate surface area is 184 Å². The van der Waals surface area contributed by atoms with Gasteiger partial charge in [0, 0.05) is 10.4 Å². The molecule has 0 saturated heterocycles. The first-order valence-corrected chi connectivity index (χ1v) is 10.6. The number of nitrogens with one attached hydrogen (secondary N) is 2. The number of thiocarbonyl (C=S) groups is 1. The van der Waals surface area contributed by atoms with E-state index in [4.69, 9.17) is 17.0 Å². The second-order valence-corrected chi connectivity index (χ2v) is 8.22. The number of rotatable bonds is 6. The zero-order valence-electron chi connectivity index (χ0n) is 17.2. The number of anilines is 2. The average molecular weight is 447 g/mol. The summed E-state index contributed by atoms with van der Waals surface area (Å²) in [4.78, 5) is 13.1. The third-order valence-corrected chi connectivity index (χ3v) is 6.06. The summed E-state index contributed by atoms with van der Waals surface area (Å²) in [6.07, 6.45) is 0.803. The molecule has 2 N–H and O–H groups in total. The van der Waals surface area contributed by atoms with E-state index in [2.05, 4.69) is 15.7 Å². The van der Waals surface area contributed by atoms with Crippen molar-refractivity contribution in [2.75, 3.05) is 17.7 Å². The van der Waals surface area contributed by atoms with Crippen molar-refractivity contribution in [1.29, 1.82) is 0 Å². The van der Waals surface area contributed by atoms with Crippen molar-refractivity contribution in [2.45, 2.75) is 33.7 Å². The van der Waals surface area contributed by atoms with Gasteiger partial charge in [0.2, 0.25) is 0 Å². The van der Waals surface area contributed by atoms with Gasteiger partial charge in [-0.2, -0.15) is 5.10 Å². The predicted molar refractivity (Wildman–Crippen MR) is 122 cm³/mol. The highest BCUT2D eigenvalue weighted by Gasteiger charge is 2.19. The van der Waals surface area contributed by atoms with Crippen LogP contribution >= 0.6 is 23.6 Å². The van der Waals surface area contributed by atoms with Crippen LogP contribution in [0.1, 0.15) is 39.1 Å². The summed E-state index contributed by atoms with van der Waals surface area (Å²) in [5.41, 5.74) is 3.32. The first kappa shape index (κ1) is 21.9. The number of benzene rings is 1. The second kappa shape index (κ2) is 9.36. The summed E-state index contributed by atoms with van der Waals surface area (Å²) < 4.78 is 20.6. The number of thiophene rings is 1. The Bertz CT molecular complexity index is 1090. The molecule has 0 amide bonds. The molecule has 9 heteroatoms. The molecule has 2 heterocycles. The highest BCUT2D eigenvalue weighted by molar-refractivity contribution is 7.80. The number of esters is 1. The van der Waals surface area contributed by atoms with Crippen molar-refractivity contribution in [3.63, 3.8) is 0 Å². The highest BCUT2D eigenvalue weighted by atomic mass is 32.1. The van der Waals surface area contributed by atoms with Crippen molar-refractivity contribution in [3.05, 3.63) is 63.5 Å². The summed E-state index contributed by atoms with van der Waals surface area (Å²) in [6, 6.07) is 8.44. The Hall–Kier alpha value is -2.78. The molecule has 3 rings (SSSR count). The number of nitrogens with zero attached hydrogens (tertiary/aromatic N) is 2. The number of hydrogen-bond acceptors (Lipinski definition) is 5. The van der Waals surface area contributed by atoms with E-state index < -0.39 is 5.97 Å². The van der Waals surface area contributed by atoms with E-state index in [0.717, 1.165) is 28.4 Å². The van der Waals surface area contributed by atoms with Crippen LogP contribution < -0.4 is 10.6 Å². The molecule has 0 aliphatic heterocycles. The lowest BCUT2D eigenvalue weighted by atomic mass is 10.2. The molecule has 0 spiro atoms. The van der Waals surface area contributed by atoms with Crippen LogP contribution in [-0.2, 0) is 17.7 Å². The first-order chi connectivity index (χ1) is 14.3. The molecule has 0 bridgehead atoms. The van der Waals surface area contributed by atoms with Crippen LogP contribution in [0.15, 0.2) is 30.3 Å². The van der Waals surface area contributed by atoms with Gasteiger partial charge in [0.15, 0.2) is 5.11 Å². The normalized spacial score (nSPS) is 10.7. The average Bonchev–Trinajstić information content (AvgIpc) is 3.25. The van der Waals surface area contributed by atoms with E-state index in [-0.39, 0.29) is 5.82 Å². The molecule has 3 aromatic rings. The number of aromatic nitrogens is 2. The van der Waals surface area contributed by atoms with E-state index >= 15 is 0 Å². The molecule has 1 aromatic carbocycles. The molecule has 158 valence electrons. The Morgan fingerprint density at radius 3 is 2.70 bits per heavy atom. The quantitative estimate of drug-likeness (QED) is 0.414. The molecule has 0 aliphatic rings. The maximum atomic E-state index is 14.0. The zero-order valence-corrected chi connectivity index (χ0v) is 18.8. The molecule has 6 nitrogen and oxygen atoms in total. The van der Waals surface area contributed by atoms with Gasteiger partial charge < -0.3 is 15.4 Å². The lowest BCUT2D eigenvalue weighted by Crippen LogP contribution is -2.20. The van der Waals surface area contributed by atoms with E-state index in [1.807, 2.05) is 26.8 Å².